The first-order valence-electron chi connectivity index (χ1n) is 6.86. The molecule has 1 aliphatic heterocycles. The zero-order valence-electron chi connectivity index (χ0n) is 11.1. The van der Waals surface area contributed by atoms with Gasteiger partial charge in [-0.2, -0.15) is 11.8 Å². The summed E-state index contributed by atoms with van der Waals surface area (Å²) in [5.74, 6) is 1.21. The molecule has 0 radical (unpaired) electrons. The van der Waals surface area contributed by atoms with Gasteiger partial charge in [-0.3, -0.25) is 4.79 Å². The fraction of sp³-hybridized carbons (Fsp3) is 0.643. The number of thioether (sulfide) groups is 1. The summed E-state index contributed by atoms with van der Waals surface area (Å²) in [6.07, 6.45) is 4.49. The number of carbonyl (C=O) groups is 1. The molecular formula is C14H18N2O2S. The van der Waals surface area contributed by atoms with Crippen molar-refractivity contribution in [1.29, 1.82) is 0 Å². The summed E-state index contributed by atoms with van der Waals surface area (Å²) in [4.78, 5) is 20.5. The number of hydrogen-bond donors (Lipinski definition) is 1. The smallest absolute Gasteiger partial charge is 0.306 e. The van der Waals surface area contributed by atoms with Gasteiger partial charge in [0, 0.05) is 11.4 Å². The van der Waals surface area contributed by atoms with Crippen molar-refractivity contribution in [3.8, 4) is 0 Å². The molecule has 1 saturated heterocycles. The zero-order chi connectivity index (χ0) is 13.4. The molecule has 0 saturated carbocycles. The van der Waals surface area contributed by atoms with E-state index in [4.69, 9.17) is 10.1 Å². The first-order valence-corrected chi connectivity index (χ1v) is 7.90. The number of fused-ring (bicyclic) bond motifs is 1. The maximum Gasteiger partial charge on any atom is 0.306 e. The van der Waals surface area contributed by atoms with E-state index in [1.54, 1.807) is 0 Å². The molecule has 2 heterocycles. The summed E-state index contributed by atoms with van der Waals surface area (Å²) in [5, 5.41) is 9.58. The second-order valence-corrected chi connectivity index (χ2v) is 6.68. The number of carboxylic acid groups (broad SMARTS) is 1. The molecule has 0 amide bonds. The highest BCUT2D eigenvalue weighted by molar-refractivity contribution is 7.99. The van der Waals surface area contributed by atoms with Gasteiger partial charge >= 0.3 is 5.97 Å². The Morgan fingerprint density at radius 1 is 1.37 bits per heavy atom. The van der Waals surface area contributed by atoms with E-state index in [-0.39, 0.29) is 5.92 Å². The molecular weight excluding hydrogens is 260 g/mol. The topological polar surface area (TPSA) is 63.1 Å². The average molecular weight is 278 g/mol. The number of rotatable bonds is 2. The molecule has 1 fully saturated rings. The van der Waals surface area contributed by atoms with Gasteiger partial charge in [0.25, 0.3) is 0 Å². The third kappa shape index (κ3) is 2.48. The van der Waals surface area contributed by atoms with Crippen LogP contribution in [-0.2, 0) is 17.6 Å². The molecule has 2 unspecified atom stereocenters. The Morgan fingerprint density at radius 3 is 2.89 bits per heavy atom. The van der Waals surface area contributed by atoms with Crippen LogP contribution in [-0.4, -0.2) is 26.8 Å². The van der Waals surface area contributed by atoms with E-state index < -0.39 is 5.97 Å². The molecule has 0 aromatic carbocycles. The molecule has 102 valence electrons. The molecule has 0 spiro atoms. The van der Waals surface area contributed by atoms with Gasteiger partial charge in [-0.05, 0) is 50.3 Å². The van der Waals surface area contributed by atoms with Gasteiger partial charge in [-0.25, -0.2) is 9.97 Å². The molecule has 1 N–H and O–H groups in total. The number of carboxylic acids is 1. The predicted octanol–water partition coefficient (Wildman–Crippen LogP) is 2.54. The Bertz CT molecular complexity index is 512. The highest BCUT2D eigenvalue weighted by Crippen LogP contribution is 2.39. The second kappa shape index (κ2) is 5.12. The van der Waals surface area contributed by atoms with Crippen molar-refractivity contribution in [3.63, 3.8) is 0 Å². The van der Waals surface area contributed by atoms with E-state index in [1.165, 1.54) is 18.6 Å². The number of nitrogens with zero attached hydrogens (tertiary/aromatic N) is 2. The summed E-state index contributed by atoms with van der Waals surface area (Å²) in [6, 6.07) is 0. The molecule has 0 bridgehead atoms. The van der Waals surface area contributed by atoms with Crippen LogP contribution in [0.3, 0.4) is 0 Å². The van der Waals surface area contributed by atoms with Gasteiger partial charge in [0.15, 0.2) is 0 Å². The van der Waals surface area contributed by atoms with Gasteiger partial charge in [0.2, 0.25) is 0 Å². The van der Waals surface area contributed by atoms with Crippen LogP contribution in [0, 0.1) is 12.8 Å². The molecule has 2 aliphatic rings. The molecule has 1 aliphatic carbocycles. The van der Waals surface area contributed by atoms with Crippen molar-refractivity contribution >= 4 is 17.7 Å². The minimum Gasteiger partial charge on any atom is -0.481 e. The van der Waals surface area contributed by atoms with Crippen LogP contribution >= 0.6 is 11.8 Å². The number of aromatic nitrogens is 2. The van der Waals surface area contributed by atoms with Gasteiger partial charge in [0.05, 0.1) is 11.2 Å². The second-order valence-electron chi connectivity index (χ2n) is 5.37. The molecule has 1 aromatic heterocycles. The minimum absolute atomic E-state index is 0.262. The van der Waals surface area contributed by atoms with Crippen LogP contribution in [0.5, 0.6) is 0 Å². The lowest BCUT2D eigenvalue weighted by molar-refractivity contribution is -0.142. The van der Waals surface area contributed by atoms with Gasteiger partial charge < -0.3 is 5.11 Å². The summed E-state index contributed by atoms with van der Waals surface area (Å²) in [6.45, 7) is 1.99. The third-order valence-electron chi connectivity index (χ3n) is 4.06. The van der Waals surface area contributed by atoms with E-state index in [0.29, 0.717) is 18.1 Å². The SMILES string of the molecule is Cc1nc(C2CCCS2)nc2c1CC(C(=O)O)CC2. The van der Waals surface area contributed by atoms with Crippen LogP contribution < -0.4 is 0 Å². The van der Waals surface area contributed by atoms with Crippen molar-refractivity contribution < 1.29 is 9.90 Å². The monoisotopic (exact) mass is 278 g/mol. The van der Waals surface area contributed by atoms with Crippen LogP contribution in [0.1, 0.15) is 47.3 Å². The Balaban J connectivity index is 1.90. The van der Waals surface area contributed by atoms with Crippen molar-refractivity contribution in [1.82, 2.24) is 9.97 Å². The molecule has 1 aromatic rings. The van der Waals surface area contributed by atoms with E-state index in [1.807, 2.05) is 18.7 Å². The lowest BCUT2D eigenvalue weighted by Crippen LogP contribution is -2.25. The molecule has 2 atom stereocenters. The lowest BCUT2D eigenvalue weighted by atomic mass is 9.86. The molecule has 3 rings (SSSR count). The predicted molar refractivity (Wildman–Crippen MR) is 74.4 cm³/mol. The van der Waals surface area contributed by atoms with Gasteiger partial charge in [-0.1, -0.05) is 0 Å². The van der Waals surface area contributed by atoms with E-state index in [0.717, 1.165) is 29.2 Å². The first kappa shape index (κ1) is 12.9. The number of hydrogen-bond acceptors (Lipinski definition) is 4. The number of aliphatic carboxylic acids is 1. The standard InChI is InChI=1S/C14H18N2O2S/c1-8-10-7-9(14(17)18)4-5-11(10)16-13(15-8)12-3-2-6-19-12/h9,12H,2-7H2,1H3,(H,17,18). The maximum atomic E-state index is 11.1. The van der Waals surface area contributed by atoms with E-state index in [2.05, 4.69) is 4.98 Å². The fourth-order valence-corrected chi connectivity index (χ4v) is 4.15. The Morgan fingerprint density at radius 2 is 2.21 bits per heavy atom. The highest BCUT2D eigenvalue weighted by atomic mass is 32.2. The maximum absolute atomic E-state index is 11.1. The zero-order valence-corrected chi connectivity index (χ0v) is 11.9. The Kier molecular flexibility index (Phi) is 3.48. The summed E-state index contributed by atoms with van der Waals surface area (Å²) in [7, 11) is 0. The normalized spacial score (nSPS) is 26.2. The molecule has 19 heavy (non-hydrogen) atoms. The largest absolute Gasteiger partial charge is 0.481 e. The summed E-state index contributed by atoms with van der Waals surface area (Å²) < 4.78 is 0. The van der Waals surface area contributed by atoms with E-state index >= 15 is 0 Å². The van der Waals surface area contributed by atoms with Gasteiger partial charge in [0.1, 0.15) is 5.82 Å². The number of aryl methyl sites for hydroxylation is 2. The Labute approximate surface area is 117 Å². The first-order chi connectivity index (χ1) is 9.15. The van der Waals surface area contributed by atoms with Crippen molar-refractivity contribution in [2.45, 2.75) is 44.3 Å². The van der Waals surface area contributed by atoms with Crippen molar-refractivity contribution in [2.75, 3.05) is 5.75 Å². The van der Waals surface area contributed by atoms with Crippen molar-refractivity contribution in [3.05, 3.63) is 22.8 Å². The fourth-order valence-electron chi connectivity index (χ4n) is 2.95. The minimum atomic E-state index is -0.694. The Hall–Kier alpha value is -1.10. The van der Waals surface area contributed by atoms with Gasteiger partial charge in [-0.15, -0.1) is 0 Å². The average Bonchev–Trinajstić information content (AvgIpc) is 2.92. The molecule has 5 heteroatoms. The van der Waals surface area contributed by atoms with Crippen molar-refractivity contribution in [2.24, 2.45) is 5.92 Å². The van der Waals surface area contributed by atoms with E-state index in [9.17, 15) is 4.79 Å². The highest BCUT2D eigenvalue weighted by Gasteiger charge is 2.29. The van der Waals surface area contributed by atoms with Crippen LogP contribution in [0.25, 0.3) is 0 Å². The lowest BCUT2D eigenvalue weighted by Gasteiger charge is -2.23. The third-order valence-corrected chi connectivity index (χ3v) is 5.44. The summed E-state index contributed by atoms with van der Waals surface area (Å²) >= 11 is 1.94. The summed E-state index contributed by atoms with van der Waals surface area (Å²) in [5.41, 5.74) is 3.15. The van der Waals surface area contributed by atoms with Crippen LogP contribution in [0.4, 0.5) is 0 Å². The van der Waals surface area contributed by atoms with Crippen LogP contribution in [0.2, 0.25) is 0 Å². The quantitative estimate of drug-likeness (QED) is 0.900. The van der Waals surface area contributed by atoms with Crippen LogP contribution in [0.15, 0.2) is 0 Å². The molecule has 4 nitrogen and oxygen atoms in total.